The molecule has 102 valence electrons. The molecular weight excluding hydrogens is 254 g/mol. The van der Waals surface area contributed by atoms with Gasteiger partial charge in [-0.25, -0.2) is 18.7 Å². The van der Waals surface area contributed by atoms with Crippen molar-refractivity contribution in [3.8, 4) is 5.88 Å². The number of hydrogen-bond acceptors (Lipinski definition) is 4. The van der Waals surface area contributed by atoms with Crippen molar-refractivity contribution in [3.63, 3.8) is 0 Å². The van der Waals surface area contributed by atoms with Crippen molar-refractivity contribution in [2.24, 2.45) is 0 Å². The van der Waals surface area contributed by atoms with Gasteiger partial charge in [-0.15, -0.1) is 0 Å². The molecule has 0 unspecified atom stereocenters. The Morgan fingerprint density at radius 1 is 1.39 bits per heavy atom. The molecule has 0 saturated carbocycles. The Bertz CT molecular complexity index is 401. The summed E-state index contributed by atoms with van der Waals surface area (Å²) in [5, 5.41) is 2.17. The summed E-state index contributed by atoms with van der Waals surface area (Å²) in [5.74, 6) is -3.83. The van der Waals surface area contributed by atoms with E-state index in [9.17, 15) is 17.6 Å². The fraction of sp³-hybridized carbons (Fsp3) is 0.600. The van der Waals surface area contributed by atoms with Crippen LogP contribution in [0, 0.1) is 6.92 Å². The van der Waals surface area contributed by atoms with Gasteiger partial charge in [0.25, 0.3) is 0 Å². The van der Waals surface area contributed by atoms with Crippen molar-refractivity contribution in [1.82, 2.24) is 9.97 Å². The molecule has 0 spiro atoms. The number of nitrogens with one attached hydrogen (secondary N) is 1. The maximum absolute atomic E-state index is 12.7. The summed E-state index contributed by atoms with van der Waals surface area (Å²) >= 11 is 0. The summed E-state index contributed by atoms with van der Waals surface area (Å²) in [4.78, 5) is 7.50. The molecule has 1 aromatic heterocycles. The maximum Gasteiger partial charge on any atom is 0.324 e. The lowest BCUT2D eigenvalue weighted by atomic mass is 10.3. The van der Waals surface area contributed by atoms with Crippen LogP contribution in [0.15, 0.2) is 6.33 Å². The van der Waals surface area contributed by atoms with Gasteiger partial charge in [0.05, 0.1) is 18.7 Å². The second-order valence-electron chi connectivity index (χ2n) is 3.50. The van der Waals surface area contributed by atoms with E-state index in [-0.39, 0.29) is 11.7 Å². The molecule has 0 aliphatic heterocycles. The van der Waals surface area contributed by atoms with Gasteiger partial charge >= 0.3 is 12.3 Å². The van der Waals surface area contributed by atoms with Gasteiger partial charge in [0, 0.05) is 0 Å². The van der Waals surface area contributed by atoms with E-state index >= 15 is 0 Å². The molecule has 0 aliphatic carbocycles. The van der Waals surface area contributed by atoms with Crippen molar-refractivity contribution in [3.05, 3.63) is 11.9 Å². The molecule has 0 saturated heterocycles. The van der Waals surface area contributed by atoms with Crippen LogP contribution < -0.4 is 10.1 Å². The minimum atomic E-state index is -4.11. The summed E-state index contributed by atoms with van der Waals surface area (Å²) < 4.78 is 54.5. The van der Waals surface area contributed by atoms with Crippen molar-refractivity contribution in [2.45, 2.75) is 26.2 Å². The lowest BCUT2D eigenvalue weighted by Gasteiger charge is -2.17. The molecule has 8 heteroatoms. The highest BCUT2D eigenvalue weighted by atomic mass is 19.3. The monoisotopic (exact) mass is 267 g/mol. The molecule has 0 radical (unpaired) electrons. The Labute approximate surface area is 101 Å². The zero-order chi connectivity index (χ0) is 13.8. The van der Waals surface area contributed by atoms with E-state index in [2.05, 4.69) is 15.3 Å². The molecule has 0 aliphatic rings. The first-order valence-corrected chi connectivity index (χ1v) is 5.22. The van der Waals surface area contributed by atoms with Crippen molar-refractivity contribution in [1.29, 1.82) is 0 Å². The van der Waals surface area contributed by atoms with Crippen LogP contribution in [0.3, 0.4) is 0 Å². The van der Waals surface area contributed by atoms with E-state index in [4.69, 9.17) is 4.74 Å². The predicted molar refractivity (Wildman–Crippen MR) is 57.4 cm³/mol. The second-order valence-corrected chi connectivity index (χ2v) is 3.50. The average molecular weight is 267 g/mol. The maximum atomic E-state index is 12.7. The number of hydrogen-bond donors (Lipinski definition) is 1. The summed E-state index contributed by atoms with van der Waals surface area (Å²) in [6.07, 6.45) is -2.61. The Kier molecular flexibility index (Phi) is 4.69. The van der Waals surface area contributed by atoms with Crippen LogP contribution in [0.5, 0.6) is 5.88 Å². The van der Waals surface area contributed by atoms with Crippen LogP contribution in [-0.4, -0.2) is 35.5 Å². The van der Waals surface area contributed by atoms with Crippen molar-refractivity contribution >= 4 is 5.82 Å². The molecule has 4 nitrogen and oxygen atoms in total. The highest BCUT2D eigenvalue weighted by Gasteiger charge is 2.40. The molecule has 1 heterocycles. The quantitative estimate of drug-likeness (QED) is 0.804. The van der Waals surface area contributed by atoms with E-state index in [0.717, 1.165) is 6.33 Å². The van der Waals surface area contributed by atoms with Gasteiger partial charge < -0.3 is 10.1 Å². The Morgan fingerprint density at radius 3 is 2.61 bits per heavy atom. The molecule has 0 amide bonds. The second kappa shape index (κ2) is 5.83. The first kappa shape index (κ1) is 14.5. The third-order valence-electron chi connectivity index (χ3n) is 2.13. The zero-order valence-corrected chi connectivity index (χ0v) is 9.88. The van der Waals surface area contributed by atoms with Gasteiger partial charge in [-0.3, -0.25) is 0 Å². The van der Waals surface area contributed by atoms with E-state index in [1.807, 2.05) is 0 Å². The van der Waals surface area contributed by atoms with Crippen molar-refractivity contribution < 1.29 is 22.3 Å². The van der Waals surface area contributed by atoms with Gasteiger partial charge in [-0.1, -0.05) is 0 Å². The van der Waals surface area contributed by atoms with E-state index < -0.39 is 18.9 Å². The van der Waals surface area contributed by atoms with Gasteiger partial charge in [-0.05, 0) is 13.8 Å². The normalized spacial score (nSPS) is 11.7. The average Bonchev–Trinajstić information content (AvgIpc) is 2.30. The largest absolute Gasteiger partial charge is 0.478 e. The van der Waals surface area contributed by atoms with Crippen LogP contribution in [-0.2, 0) is 0 Å². The molecule has 0 aromatic carbocycles. The fourth-order valence-electron chi connectivity index (χ4n) is 1.17. The summed E-state index contributed by atoms with van der Waals surface area (Å²) in [7, 11) is 0. The number of anilines is 1. The van der Waals surface area contributed by atoms with Crippen molar-refractivity contribution in [2.75, 3.05) is 18.5 Å². The van der Waals surface area contributed by atoms with Crippen LogP contribution in [0.4, 0.5) is 23.4 Å². The third-order valence-corrected chi connectivity index (χ3v) is 2.13. The highest BCUT2D eigenvalue weighted by Crippen LogP contribution is 2.25. The van der Waals surface area contributed by atoms with E-state index in [0.29, 0.717) is 12.2 Å². The van der Waals surface area contributed by atoms with Gasteiger partial charge in [0.1, 0.15) is 12.1 Å². The standard InChI is InChI=1S/C10H13F4N3O/c1-3-18-8-6(2)7(16-5-17-8)15-4-10(13,14)9(11)12/h5,9H,3-4H2,1-2H3,(H,15,16,17). The van der Waals surface area contributed by atoms with E-state index in [1.165, 1.54) is 0 Å². The van der Waals surface area contributed by atoms with Gasteiger partial charge in [-0.2, -0.15) is 8.78 Å². The van der Waals surface area contributed by atoms with Crippen LogP contribution >= 0.6 is 0 Å². The lowest BCUT2D eigenvalue weighted by Crippen LogP contribution is -2.35. The lowest BCUT2D eigenvalue weighted by molar-refractivity contribution is -0.117. The minimum absolute atomic E-state index is 0.0498. The number of rotatable bonds is 6. The Morgan fingerprint density at radius 2 is 2.06 bits per heavy atom. The van der Waals surface area contributed by atoms with Gasteiger partial charge in [0.2, 0.25) is 5.88 Å². The van der Waals surface area contributed by atoms with Crippen LogP contribution in [0.1, 0.15) is 12.5 Å². The first-order valence-electron chi connectivity index (χ1n) is 5.22. The molecular formula is C10H13F4N3O. The molecule has 18 heavy (non-hydrogen) atoms. The molecule has 0 bridgehead atoms. The van der Waals surface area contributed by atoms with Crippen LogP contribution in [0.2, 0.25) is 0 Å². The summed E-state index contributed by atoms with van der Waals surface area (Å²) in [6, 6.07) is 0. The first-order chi connectivity index (χ1) is 8.38. The Hall–Kier alpha value is -1.60. The zero-order valence-electron chi connectivity index (χ0n) is 9.88. The number of alkyl halides is 4. The predicted octanol–water partition coefficient (Wildman–Crippen LogP) is 2.50. The third kappa shape index (κ3) is 3.44. The molecule has 0 fully saturated rings. The fourth-order valence-corrected chi connectivity index (χ4v) is 1.17. The molecule has 1 N–H and O–H groups in total. The highest BCUT2D eigenvalue weighted by molar-refractivity contribution is 5.47. The summed E-state index contributed by atoms with van der Waals surface area (Å²) in [5.41, 5.74) is 0.393. The van der Waals surface area contributed by atoms with Crippen LogP contribution in [0.25, 0.3) is 0 Å². The Balaban J connectivity index is 2.77. The van der Waals surface area contributed by atoms with Gasteiger partial charge in [0.15, 0.2) is 0 Å². The topological polar surface area (TPSA) is 47.0 Å². The molecule has 0 atom stereocenters. The SMILES string of the molecule is CCOc1ncnc(NCC(F)(F)C(F)F)c1C. The molecule has 1 aromatic rings. The number of ether oxygens (including phenoxy) is 1. The molecule has 1 rings (SSSR count). The minimum Gasteiger partial charge on any atom is -0.478 e. The number of aromatic nitrogens is 2. The smallest absolute Gasteiger partial charge is 0.324 e. The number of nitrogens with zero attached hydrogens (tertiary/aromatic N) is 2. The van der Waals surface area contributed by atoms with E-state index in [1.54, 1.807) is 13.8 Å². The summed E-state index contributed by atoms with van der Waals surface area (Å²) in [6.45, 7) is 2.44. The number of halogens is 4.